The van der Waals surface area contributed by atoms with Crippen LogP contribution in [0.2, 0.25) is 5.02 Å². The van der Waals surface area contributed by atoms with Gasteiger partial charge < -0.3 is 14.4 Å². The zero-order chi connectivity index (χ0) is 24.6. The van der Waals surface area contributed by atoms with Crippen LogP contribution in [0.25, 0.3) is 10.9 Å². The van der Waals surface area contributed by atoms with Gasteiger partial charge in [0.1, 0.15) is 11.6 Å². The molecule has 4 aromatic rings. The molecule has 3 heterocycles. The number of amides is 1. The first-order valence-corrected chi connectivity index (χ1v) is 13.8. The molecule has 9 nitrogen and oxygen atoms in total. The molecule has 12 heteroatoms. The highest BCUT2D eigenvalue weighted by Crippen LogP contribution is 2.28. The summed E-state index contributed by atoms with van der Waals surface area (Å²) in [6, 6.07) is 14.0. The third-order valence-corrected chi connectivity index (χ3v) is 8.59. The summed E-state index contributed by atoms with van der Waals surface area (Å²) in [5, 5.41) is 9.18. The highest BCUT2D eigenvalue weighted by Gasteiger charge is 2.27. The fourth-order valence-electron chi connectivity index (χ4n) is 4.28. The number of benzene rings is 2. The van der Waals surface area contributed by atoms with E-state index < -0.39 is 10.0 Å². The van der Waals surface area contributed by atoms with Gasteiger partial charge in [-0.2, -0.15) is 0 Å². The van der Waals surface area contributed by atoms with Crippen LogP contribution in [0.3, 0.4) is 0 Å². The van der Waals surface area contributed by atoms with Crippen molar-refractivity contribution in [2.24, 2.45) is 0 Å². The third kappa shape index (κ3) is 4.71. The predicted molar refractivity (Wildman–Crippen MR) is 140 cm³/mol. The van der Waals surface area contributed by atoms with E-state index in [1.54, 1.807) is 24.3 Å². The van der Waals surface area contributed by atoms with Crippen molar-refractivity contribution in [2.75, 3.05) is 35.8 Å². The van der Waals surface area contributed by atoms with Crippen LogP contribution < -0.4 is 9.62 Å². The number of aromatic nitrogens is 3. The fraction of sp³-hybridized carbons (Fsp3) is 0.261. The molecule has 0 bridgehead atoms. The Morgan fingerprint density at radius 2 is 1.86 bits per heavy atom. The van der Waals surface area contributed by atoms with Crippen molar-refractivity contribution in [3.63, 3.8) is 0 Å². The maximum atomic E-state index is 13.2. The number of nitrogens with zero attached hydrogens (tertiary/aromatic N) is 5. The second kappa shape index (κ2) is 9.48. The van der Waals surface area contributed by atoms with Crippen LogP contribution in [0.1, 0.15) is 14.4 Å². The van der Waals surface area contributed by atoms with Crippen molar-refractivity contribution in [1.82, 2.24) is 19.7 Å². The molecule has 2 aromatic carbocycles. The average Bonchev–Trinajstić information content (AvgIpc) is 3.54. The number of hydrogen-bond donors (Lipinski definition) is 1. The van der Waals surface area contributed by atoms with Crippen LogP contribution in [0, 0.1) is 0 Å². The van der Waals surface area contributed by atoms with E-state index in [-0.39, 0.29) is 23.4 Å². The van der Waals surface area contributed by atoms with Crippen LogP contribution in [0.4, 0.5) is 10.8 Å². The topological polar surface area (TPSA) is 100 Å². The Labute approximate surface area is 213 Å². The number of sulfonamides is 1. The van der Waals surface area contributed by atoms with Crippen molar-refractivity contribution in [1.29, 1.82) is 0 Å². The van der Waals surface area contributed by atoms with Gasteiger partial charge >= 0.3 is 0 Å². The van der Waals surface area contributed by atoms with E-state index in [1.165, 1.54) is 5.51 Å². The van der Waals surface area contributed by atoms with Crippen molar-refractivity contribution < 1.29 is 14.6 Å². The minimum atomic E-state index is -3.72. The molecule has 184 valence electrons. The van der Waals surface area contributed by atoms with Gasteiger partial charge in [0, 0.05) is 49.9 Å². The number of anilines is 2. The van der Waals surface area contributed by atoms with Crippen molar-refractivity contribution in [3.05, 3.63) is 65.3 Å². The first-order chi connectivity index (χ1) is 16.8. The highest BCUT2D eigenvalue weighted by atomic mass is 35.5. The van der Waals surface area contributed by atoms with Gasteiger partial charge in [0.2, 0.25) is 11.0 Å². The Morgan fingerprint density at radius 3 is 2.54 bits per heavy atom. The molecule has 0 saturated carbocycles. The summed E-state index contributed by atoms with van der Waals surface area (Å²) >= 11 is 7.40. The molecule has 0 unspecified atom stereocenters. The van der Waals surface area contributed by atoms with Gasteiger partial charge in [0.05, 0.1) is 10.4 Å². The number of rotatable bonds is 6. The highest BCUT2D eigenvalue weighted by molar-refractivity contribution is 7.93. The van der Waals surface area contributed by atoms with E-state index >= 15 is 0 Å². The Morgan fingerprint density at radius 1 is 1.11 bits per heavy atom. The zero-order valence-corrected chi connectivity index (χ0v) is 21.2. The summed E-state index contributed by atoms with van der Waals surface area (Å²) in [5.41, 5.74) is 3.31. The molecule has 1 amide bonds. The predicted octanol–water partition coefficient (Wildman–Crippen LogP) is 4.10. The Kier molecular flexibility index (Phi) is 6.39. The molecule has 1 atom stereocenters. The molecule has 2 aromatic heterocycles. The second-order valence-corrected chi connectivity index (χ2v) is 11.2. The van der Waals surface area contributed by atoms with E-state index in [2.05, 4.69) is 19.8 Å². The SMILES string of the molecule is C[C@H](C(=O)N1CCN(c2ccc(S(=O)(=O)Nc3nncs3)cc2)CC1)n1ccc2c(Cl)cccc21.[HH]. The van der Waals surface area contributed by atoms with Gasteiger partial charge in [-0.05, 0) is 49.4 Å². The number of halogens is 1. The summed E-state index contributed by atoms with van der Waals surface area (Å²) in [6.45, 7) is 4.39. The van der Waals surface area contributed by atoms with Crippen LogP contribution in [-0.2, 0) is 14.8 Å². The number of fused-ring (bicyclic) bond motifs is 1. The van der Waals surface area contributed by atoms with E-state index in [9.17, 15) is 13.2 Å². The molecule has 0 aliphatic carbocycles. The van der Waals surface area contributed by atoms with Gasteiger partial charge in [0.15, 0.2) is 0 Å². The monoisotopic (exact) mass is 532 g/mol. The lowest BCUT2D eigenvalue weighted by molar-refractivity contribution is -0.134. The molecule has 1 fully saturated rings. The first-order valence-electron chi connectivity index (χ1n) is 11.0. The van der Waals surface area contributed by atoms with Crippen molar-refractivity contribution >= 4 is 60.6 Å². The van der Waals surface area contributed by atoms with Gasteiger partial charge in [-0.25, -0.2) is 8.42 Å². The minimum Gasteiger partial charge on any atom is -0.368 e. The van der Waals surface area contributed by atoms with Crippen LogP contribution in [0.5, 0.6) is 0 Å². The summed E-state index contributed by atoms with van der Waals surface area (Å²) < 4.78 is 29.4. The van der Waals surface area contributed by atoms with Crippen molar-refractivity contribution in [2.45, 2.75) is 17.9 Å². The Hall–Kier alpha value is -3.15. The summed E-state index contributed by atoms with van der Waals surface area (Å²) in [7, 11) is -3.72. The average molecular weight is 533 g/mol. The summed E-state index contributed by atoms with van der Waals surface area (Å²) in [4.78, 5) is 17.4. The molecular weight excluding hydrogens is 508 g/mol. The molecule has 5 rings (SSSR count). The maximum absolute atomic E-state index is 13.2. The van der Waals surface area contributed by atoms with Crippen LogP contribution >= 0.6 is 22.9 Å². The van der Waals surface area contributed by atoms with Crippen LogP contribution in [0.15, 0.2) is 65.1 Å². The Bertz CT molecular complexity index is 1450. The molecule has 1 N–H and O–H groups in total. The lowest BCUT2D eigenvalue weighted by Crippen LogP contribution is -2.50. The number of carbonyl (C=O) groups is 1. The van der Waals surface area contributed by atoms with E-state index in [0.29, 0.717) is 31.2 Å². The number of hydrogen-bond acceptors (Lipinski definition) is 7. The molecule has 1 aliphatic rings. The van der Waals surface area contributed by atoms with Gasteiger partial charge in [-0.1, -0.05) is 29.0 Å². The second-order valence-electron chi connectivity index (χ2n) is 8.23. The Balaban J connectivity index is 0.00000304. The lowest BCUT2D eigenvalue weighted by atomic mass is 10.2. The summed E-state index contributed by atoms with van der Waals surface area (Å²) in [6.07, 6.45) is 1.91. The summed E-state index contributed by atoms with van der Waals surface area (Å²) in [5.74, 6) is 0.0614. The maximum Gasteiger partial charge on any atom is 0.263 e. The standard InChI is InChI=1S/C23H23ClN6O3S2.H2/c1-16(30-10-9-19-20(24)3-2-4-21(19)30)22(31)29-13-11-28(12-14-29)17-5-7-18(8-6-17)35(32,33)27-23-26-25-15-34-23;/h2-10,15-16H,11-14H2,1H3,(H,26,27);1H/t16-;/m1./s1. The van der Waals surface area contributed by atoms with Crippen molar-refractivity contribution in [3.8, 4) is 0 Å². The first kappa shape index (κ1) is 23.6. The fourth-order valence-corrected chi connectivity index (χ4v) is 6.21. The minimum absolute atomic E-state index is 0. The van der Waals surface area contributed by atoms with Gasteiger partial charge in [0.25, 0.3) is 10.0 Å². The van der Waals surface area contributed by atoms with Gasteiger partial charge in [-0.3, -0.25) is 9.52 Å². The molecule has 0 radical (unpaired) electrons. The largest absolute Gasteiger partial charge is 0.368 e. The molecule has 35 heavy (non-hydrogen) atoms. The lowest BCUT2D eigenvalue weighted by Gasteiger charge is -2.37. The smallest absolute Gasteiger partial charge is 0.263 e. The third-order valence-electron chi connectivity index (χ3n) is 6.17. The quantitative estimate of drug-likeness (QED) is 0.401. The number of piperazine rings is 1. The molecule has 1 aliphatic heterocycles. The number of carbonyl (C=O) groups excluding carboxylic acids is 1. The zero-order valence-electron chi connectivity index (χ0n) is 18.8. The normalized spacial score (nSPS) is 15.4. The molecule has 0 spiro atoms. The van der Waals surface area contributed by atoms with E-state index in [0.717, 1.165) is 27.9 Å². The number of nitrogens with one attached hydrogen (secondary N) is 1. The van der Waals surface area contributed by atoms with E-state index in [4.69, 9.17) is 11.6 Å². The van der Waals surface area contributed by atoms with E-state index in [1.807, 2.05) is 46.9 Å². The van der Waals surface area contributed by atoms with Crippen LogP contribution in [-0.4, -0.2) is 60.2 Å². The van der Waals surface area contributed by atoms with Gasteiger partial charge in [-0.15, -0.1) is 10.2 Å². The molecular formula is C23H25ClN6O3S2. The molecule has 1 saturated heterocycles.